The summed E-state index contributed by atoms with van der Waals surface area (Å²) in [7, 11) is 1.57. The highest BCUT2D eigenvalue weighted by molar-refractivity contribution is 6.01. The molecule has 2 amide bonds. The van der Waals surface area contributed by atoms with E-state index in [1.54, 1.807) is 14.0 Å². The molecule has 1 atom stereocenters. The van der Waals surface area contributed by atoms with Gasteiger partial charge in [0.1, 0.15) is 5.75 Å². The molecular formula is C36H58N4O3. The molecule has 0 saturated carbocycles. The molecule has 0 spiro atoms. The normalized spacial score (nSPS) is 13.7. The van der Waals surface area contributed by atoms with Gasteiger partial charge >= 0.3 is 0 Å². The Morgan fingerprint density at radius 2 is 1.72 bits per heavy atom. The highest BCUT2D eigenvalue weighted by Gasteiger charge is 2.24. The van der Waals surface area contributed by atoms with E-state index in [4.69, 9.17) is 15.6 Å². The fourth-order valence-electron chi connectivity index (χ4n) is 4.16. The number of unbranched alkanes of at least 4 members (excludes halogenated alkanes) is 1. The Bertz CT molecular complexity index is 1130. The molecule has 1 aliphatic rings. The number of allylic oxidation sites excluding steroid dienone is 6. The van der Waals surface area contributed by atoms with Crippen LogP contribution in [0.1, 0.15) is 116 Å². The second-order valence-corrected chi connectivity index (χ2v) is 11.5. The van der Waals surface area contributed by atoms with Crippen LogP contribution >= 0.6 is 0 Å². The fraction of sp³-hybridized carbons (Fsp3) is 0.556. The summed E-state index contributed by atoms with van der Waals surface area (Å²) in [4.78, 5) is 27.4. The van der Waals surface area contributed by atoms with Crippen molar-refractivity contribution < 1.29 is 14.3 Å². The third-order valence-electron chi connectivity index (χ3n) is 6.60. The minimum absolute atomic E-state index is 0.157. The average molecular weight is 595 g/mol. The summed E-state index contributed by atoms with van der Waals surface area (Å²) < 4.78 is 5.53. The monoisotopic (exact) mass is 594 g/mol. The van der Waals surface area contributed by atoms with E-state index >= 15 is 0 Å². The number of carbonyl (C=O) groups is 2. The van der Waals surface area contributed by atoms with Crippen LogP contribution < -0.4 is 10.1 Å². The number of benzene rings is 1. The number of ether oxygens (including phenoxy) is 1. The second-order valence-electron chi connectivity index (χ2n) is 11.5. The first kappa shape index (κ1) is 39.5. The van der Waals surface area contributed by atoms with Gasteiger partial charge in [0.2, 0.25) is 5.91 Å². The van der Waals surface area contributed by atoms with Crippen molar-refractivity contribution in [3.8, 4) is 5.75 Å². The summed E-state index contributed by atoms with van der Waals surface area (Å²) >= 11 is 0. The van der Waals surface area contributed by atoms with Crippen molar-refractivity contribution in [2.75, 3.05) is 13.7 Å². The van der Waals surface area contributed by atoms with Crippen molar-refractivity contribution in [1.29, 1.82) is 10.8 Å². The summed E-state index contributed by atoms with van der Waals surface area (Å²) in [6.45, 7) is 19.5. The number of nitrogens with zero attached hydrogens (tertiary/aromatic N) is 1. The molecule has 0 fully saturated rings. The van der Waals surface area contributed by atoms with Crippen LogP contribution in [0, 0.1) is 22.7 Å². The van der Waals surface area contributed by atoms with Crippen LogP contribution in [0.3, 0.4) is 0 Å². The minimum atomic E-state index is -0.247. The molecule has 0 bridgehead atoms. The molecule has 43 heavy (non-hydrogen) atoms. The number of hydrogen-bond acceptors (Lipinski definition) is 5. The predicted molar refractivity (Wildman–Crippen MR) is 183 cm³/mol. The first-order chi connectivity index (χ1) is 20.4. The lowest BCUT2D eigenvalue weighted by Gasteiger charge is -2.29. The quantitative estimate of drug-likeness (QED) is 0.166. The van der Waals surface area contributed by atoms with Crippen LogP contribution in [-0.2, 0) is 17.8 Å². The highest BCUT2D eigenvalue weighted by atomic mass is 16.5. The van der Waals surface area contributed by atoms with Gasteiger partial charge in [-0.25, -0.2) is 0 Å². The standard InChI is InChI=1S/C30H43N3O3.C4H10.C2H5N/c1-7-10-14-23(29(31)21(4)9-3)15-11-13-22(5)32-30(35)26-18-25-20-33(28(34)12-8-2)17-16-24(25)19-27(26)36-6;1-4(2)3;1-2-3/h11,13-15,18-19,21,31H,7-10,12,16-17,20H2,1-6H3,(H,32,35);4H,1-3H3;2-3H,1H3/b15-11-,22-13+,23-14-,31-29?;;. The summed E-state index contributed by atoms with van der Waals surface area (Å²) in [5.74, 6) is 1.48. The van der Waals surface area contributed by atoms with Gasteiger partial charge in [-0.3, -0.25) is 9.59 Å². The van der Waals surface area contributed by atoms with E-state index in [1.165, 1.54) is 6.21 Å². The second kappa shape index (κ2) is 22.1. The summed E-state index contributed by atoms with van der Waals surface area (Å²) in [6, 6.07) is 3.78. The molecular weight excluding hydrogens is 536 g/mol. The van der Waals surface area contributed by atoms with Crippen molar-refractivity contribution in [2.45, 2.75) is 107 Å². The Morgan fingerprint density at radius 3 is 2.26 bits per heavy atom. The molecule has 2 rings (SSSR count). The van der Waals surface area contributed by atoms with Crippen LogP contribution in [0.2, 0.25) is 0 Å². The number of methoxy groups -OCH3 is 1. The molecule has 7 heteroatoms. The first-order valence-corrected chi connectivity index (χ1v) is 15.8. The Morgan fingerprint density at radius 1 is 1.09 bits per heavy atom. The Balaban J connectivity index is 0.00000227. The molecule has 1 aromatic carbocycles. The fourth-order valence-corrected chi connectivity index (χ4v) is 4.16. The average Bonchev–Trinajstić information content (AvgIpc) is 2.97. The molecule has 0 aliphatic carbocycles. The van der Waals surface area contributed by atoms with Gasteiger partial charge in [0.25, 0.3) is 5.91 Å². The maximum absolute atomic E-state index is 13.1. The Hall–Kier alpha value is -3.48. The van der Waals surface area contributed by atoms with Crippen molar-refractivity contribution in [1.82, 2.24) is 10.2 Å². The SMILES string of the molecule is CC(C)C.CC=N.CCC/C=C(/C=C\C=C(/C)NC(=O)c1cc2c(cc1OC)CCN(C(=O)CCC)C2)C(=N)C(C)CC. The lowest BCUT2D eigenvalue weighted by atomic mass is 9.95. The molecule has 240 valence electrons. The zero-order valence-corrected chi connectivity index (χ0v) is 28.5. The largest absolute Gasteiger partial charge is 0.496 e. The third kappa shape index (κ3) is 15.0. The van der Waals surface area contributed by atoms with E-state index in [0.717, 1.165) is 54.7 Å². The van der Waals surface area contributed by atoms with Gasteiger partial charge < -0.3 is 25.8 Å². The molecule has 0 saturated heterocycles. The van der Waals surface area contributed by atoms with E-state index in [-0.39, 0.29) is 17.7 Å². The van der Waals surface area contributed by atoms with Gasteiger partial charge in [0.05, 0.1) is 12.7 Å². The minimum Gasteiger partial charge on any atom is -0.496 e. The van der Waals surface area contributed by atoms with E-state index in [0.29, 0.717) is 42.2 Å². The first-order valence-electron chi connectivity index (χ1n) is 15.8. The van der Waals surface area contributed by atoms with Gasteiger partial charge in [0, 0.05) is 30.9 Å². The molecule has 0 radical (unpaired) electrons. The van der Waals surface area contributed by atoms with Crippen molar-refractivity contribution >= 4 is 23.7 Å². The molecule has 3 N–H and O–H groups in total. The summed E-state index contributed by atoms with van der Waals surface area (Å²) in [5, 5.41) is 17.5. The summed E-state index contributed by atoms with van der Waals surface area (Å²) in [6.07, 6.45) is 14.0. The number of amides is 2. The van der Waals surface area contributed by atoms with E-state index in [9.17, 15) is 9.59 Å². The molecule has 7 nitrogen and oxygen atoms in total. The van der Waals surface area contributed by atoms with Crippen molar-refractivity contribution in [2.24, 2.45) is 11.8 Å². The van der Waals surface area contributed by atoms with E-state index < -0.39 is 0 Å². The Labute approximate surface area is 261 Å². The predicted octanol–water partition coefficient (Wildman–Crippen LogP) is 8.68. The number of rotatable bonds is 12. The zero-order valence-electron chi connectivity index (χ0n) is 28.5. The zero-order chi connectivity index (χ0) is 32.9. The molecule has 1 unspecified atom stereocenters. The maximum Gasteiger partial charge on any atom is 0.259 e. The maximum atomic E-state index is 13.1. The smallest absolute Gasteiger partial charge is 0.259 e. The topological polar surface area (TPSA) is 106 Å². The molecule has 0 aromatic heterocycles. The summed E-state index contributed by atoms with van der Waals surface area (Å²) in [5.41, 5.74) is 4.84. The molecule has 1 aromatic rings. The van der Waals surface area contributed by atoms with Gasteiger partial charge in [0.15, 0.2) is 0 Å². The van der Waals surface area contributed by atoms with Gasteiger partial charge in [-0.2, -0.15) is 0 Å². The van der Waals surface area contributed by atoms with Crippen LogP contribution in [0.25, 0.3) is 0 Å². The van der Waals surface area contributed by atoms with Crippen LogP contribution in [0.4, 0.5) is 0 Å². The third-order valence-corrected chi connectivity index (χ3v) is 6.60. The van der Waals surface area contributed by atoms with Crippen LogP contribution in [-0.4, -0.2) is 42.3 Å². The molecule has 1 aliphatic heterocycles. The van der Waals surface area contributed by atoms with Gasteiger partial charge in [-0.05, 0) is 92.5 Å². The van der Waals surface area contributed by atoms with Crippen molar-refractivity contribution in [3.63, 3.8) is 0 Å². The lowest BCUT2D eigenvalue weighted by molar-refractivity contribution is -0.132. The number of hydrogen-bond donors (Lipinski definition) is 3. The van der Waals surface area contributed by atoms with Crippen LogP contribution in [0.5, 0.6) is 5.75 Å². The van der Waals surface area contributed by atoms with Gasteiger partial charge in [-0.1, -0.05) is 73.1 Å². The van der Waals surface area contributed by atoms with E-state index in [1.807, 2.05) is 49.1 Å². The van der Waals surface area contributed by atoms with Crippen LogP contribution in [0.15, 0.2) is 47.7 Å². The van der Waals surface area contributed by atoms with Gasteiger partial charge in [-0.15, -0.1) is 0 Å². The van der Waals surface area contributed by atoms with Crippen molar-refractivity contribution in [3.05, 3.63) is 64.4 Å². The Kier molecular flexibility index (Phi) is 20.3. The number of fused-ring (bicyclic) bond motifs is 1. The highest BCUT2D eigenvalue weighted by Crippen LogP contribution is 2.28. The molecule has 1 heterocycles. The number of nitrogens with one attached hydrogen (secondary N) is 3. The number of carbonyl (C=O) groups excluding carboxylic acids is 2. The van der Waals surface area contributed by atoms with E-state index in [2.05, 4.69) is 52.9 Å². The lowest BCUT2D eigenvalue weighted by Crippen LogP contribution is -2.36.